The van der Waals surface area contributed by atoms with Crippen LogP contribution in [0.1, 0.15) is 38.8 Å². The number of anilines is 1. The lowest BCUT2D eigenvalue weighted by atomic mass is 9.96. The zero-order valence-electron chi connectivity index (χ0n) is 12.1. The molecule has 0 amide bonds. The van der Waals surface area contributed by atoms with E-state index in [1.165, 1.54) is 0 Å². The standard InChI is InChI=1S/C14H20ClN5/c1-14(2,3)13-19-10(15)9-12(20-13)16-6-4-5-11-17-7-8-18-11/h7-9H,4-6H2,1-3H3,(H,17,18)(H,16,19,20). The molecular weight excluding hydrogens is 274 g/mol. The van der Waals surface area contributed by atoms with Crippen LogP contribution in [0.4, 0.5) is 5.82 Å². The first kappa shape index (κ1) is 14.8. The van der Waals surface area contributed by atoms with E-state index >= 15 is 0 Å². The number of halogens is 1. The van der Waals surface area contributed by atoms with E-state index in [1.807, 2.05) is 6.20 Å². The van der Waals surface area contributed by atoms with E-state index < -0.39 is 0 Å². The SMILES string of the molecule is CC(C)(C)c1nc(Cl)cc(NCCCc2ncc[nH]2)n1. The van der Waals surface area contributed by atoms with E-state index in [9.17, 15) is 0 Å². The molecule has 2 N–H and O–H groups in total. The van der Waals surface area contributed by atoms with Crippen LogP contribution in [0.15, 0.2) is 18.5 Å². The van der Waals surface area contributed by atoms with Gasteiger partial charge in [-0.2, -0.15) is 0 Å². The molecule has 0 spiro atoms. The third-order valence-corrected chi connectivity index (χ3v) is 3.01. The quantitative estimate of drug-likeness (QED) is 0.656. The lowest BCUT2D eigenvalue weighted by molar-refractivity contribution is 0.546. The minimum atomic E-state index is -0.116. The highest BCUT2D eigenvalue weighted by Crippen LogP contribution is 2.22. The highest BCUT2D eigenvalue weighted by Gasteiger charge is 2.18. The van der Waals surface area contributed by atoms with Gasteiger partial charge in [0.1, 0.15) is 22.6 Å². The van der Waals surface area contributed by atoms with Crippen molar-refractivity contribution in [2.24, 2.45) is 0 Å². The van der Waals surface area contributed by atoms with Crippen LogP contribution in [0.2, 0.25) is 5.15 Å². The van der Waals surface area contributed by atoms with E-state index in [2.05, 4.69) is 46.0 Å². The number of rotatable bonds is 5. The van der Waals surface area contributed by atoms with Crippen LogP contribution in [0.5, 0.6) is 0 Å². The van der Waals surface area contributed by atoms with Crippen molar-refractivity contribution in [3.8, 4) is 0 Å². The molecule has 0 saturated carbocycles. The van der Waals surface area contributed by atoms with Gasteiger partial charge in [0, 0.05) is 36.8 Å². The van der Waals surface area contributed by atoms with Crippen molar-refractivity contribution in [3.63, 3.8) is 0 Å². The van der Waals surface area contributed by atoms with Gasteiger partial charge >= 0.3 is 0 Å². The molecule has 0 fully saturated rings. The van der Waals surface area contributed by atoms with Crippen molar-refractivity contribution in [2.45, 2.75) is 39.0 Å². The molecule has 2 rings (SSSR count). The Morgan fingerprint density at radius 1 is 1.30 bits per heavy atom. The topological polar surface area (TPSA) is 66.5 Å². The molecule has 0 atom stereocenters. The summed E-state index contributed by atoms with van der Waals surface area (Å²) in [5, 5.41) is 3.75. The average Bonchev–Trinajstić information content (AvgIpc) is 2.86. The smallest absolute Gasteiger partial charge is 0.137 e. The summed E-state index contributed by atoms with van der Waals surface area (Å²) in [5.41, 5.74) is -0.116. The molecule has 0 unspecified atom stereocenters. The second-order valence-corrected chi connectivity index (χ2v) is 6.10. The van der Waals surface area contributed by atoms with Crippen LogP contribution in [0, 0.1) is 0 Å². The van der Waals surface area contributed by atoms with Crippen molar-refractivity contribution < 1.29 is 0 Å². The number of imidazole rings is 1. The number of hydrogen-bond acceptors (Lipinski definition) is 4. The minimum absolute atomic E-state index is 0.116. The number of hydrogen-bond donors (Lipinski definition) is 2. The predicted octanol–water partition coefficient (Wildman–Crippen LogP) is 3.20. The van der Waals surface area contributed by atoms with Crippen LogP contribution < -0.4 is 5.32 Å². The van der Waals surface area contributed by atoms with E-state index in [4.69, 9.17) is 11.6 Å². The molecule has 0 saturated heterocycles. The first-order valence-electron chi connectivity index (χ1n) is 6.72. The summed E-state index contributed by atoms with van der Waals surface area (Å²) in [5.74, 6) is 2.52. The van der Waals surface area contributed by atoms with Gasteiger partial charge in [0.25, 0.3) is 0 Å². The van der Waals surface area contributed by atoms with Crippen molar-refractivity contribution >= 4 is 17.4 Å². The Balaban J connectivity index is 1.91. The molecule has 0 aliphatic carbocycles. The Labute approximate surface area is 124 Å². The summed E-state index contributed by atoms with van der Waals surface area (Å²) in [6, 6.07) is 1.75. The van der Waals surface area contributed by atoms with E-state index in [0.29, 0.717) is 5.15 Å². The van der Waals surface area contributed by atoms with Crippen molar-refractivity contribution in [2.75, 3.05) is 11.9 Å². The lowest BCUT2D eigenvalue weighted by Crippen LogP contribution is -2.17. The summed E-state index contributed by atoms with van der Waals surface area (Å²) in [6.07, 6.45) is 5.48. The predicted molar refractivity (Wildman–Crippen MR) is 81.1 cm³/mol. The number of nitrogens with one attached hydrogen (secondary N) is 2. The van der Waals surface area contributed by atoms with E-state index in [1.54, 1.807) is 12.3 Å². The van der Waals surface area contributed by atoms with E-state index in [-0.39, 0.29) is 5.41 Å². The third kappa shape index (κ3) is 4.20. The highest BCUT2D eigenvalue weighted by molar-refractivity contribution is 6.29. The summed E-state index contributed by atoms with van der Waals surface area (Å²) >= 11 is 6.04. The largest absolute Gasteiger partial charge is 0.370 e. The second kappa shape index (κ2) is 6.22. The Bertz CT molecular complexity index is 545. The maximum Gasteiger partial charge on any atom is 0.137 e. The summed E-state index contributed by atoms with van der Waals surface area (Å²) in [6.45, 7) is 7.02. The van der Waals surface area contributed by atoms with Gasteiger partial charge in [-0.05, 0) is 6.42 Å². The number of aromatic amines is 1. The molecule has 6 heteroatoms. The Morgan fingerprint density at radius 2 is 2.10 bits per heavy atom. The number of nitrogens with zero attached hydrogens (tertiary/aromatic N) is 3. The molecular formula is C14H20ClN5. The van der Waals surface area contributed by atoms with Crippen LogP contribution in [0.3, 0.4) is 0 Å². The summed E-state index contributed by atoms with van der Waals surface area (Å²) in [4.78, 5) is 16.1. The van der Waals surface area contributed by atoms with Crippen LogP contribution >= 0.6 is 11.6 Å². The summed E-state index contributed by atoms with van der Waals surface area (Å²) < 4.78 is 0. The number of H-pyrrole nitrogens is 1. The van der Waals surface area contributed by atoms with Crippen LogP contribution in [0.25, 0.3) is 0 Å². The molecule has 5 nitrogen and oxygen atoms in total. The van der Waals surface area contributed by atoms with Gasteiger partial charge in [-0.3, -0.25) is 0 Å². The van der Waals surface area contributed by atoms with Crippen molar-refractivity contribution in [1.82, 2.24) is 19.9 Å². The monoisotopic (exact) mass is 293 g/mol. The van der Waals surface area contributed by atoms with E-state index in [0.717, 1.165) is 36.9 Å². The Hall–Kier alpha value is -1.62. The van der Waals surface area contributed by atoms with Gasteiger partial charge in [-0.25, -0.2) is 15.0 Å². The molecule has 0 radical (unpaired) electrons. The fraction of sp³-hybridized carbons (Fsp3) is 0.500. The molecule has 2 heterocycles. The molecule has 20 heavy (non-hydrogen) atoms. The fourth-order valence-corrected chi connectivity index (χ4v) is 1.93. The zero-order chi connectivity index (χ0) is 14.6. The zero-order valence-corrected chi connectivity index (χ0v) is 12.8. The normalized spacial score (nSPS) is 11.6. The van der Waals surface area contributed by atoms with Gasteiger partial charge in [-0.1, -0.05) is 32.4 Å². The fourth-order valence-electron chi connectivity index (χ4n) is 1.75. The first-order valence-corrected chi connectivity index (χ1v) is 7.10. The Kier molecular flexibility index (Phi) is 4.60. The Morgan fingerprint density at radius 3 is 2.75 bits per heavy atom. The maximum absolute atomic E-state index is 6.04. The molecule has 108 valence electrons. The van der Waals surface area contributed by atoms with Crippen molar-refractivity contribution in [1.29, 1.82) is 0 Å². The van der Waals surface area contributed by atoms with Crippen LogP contribution in [-0.4, -0.2) is 26.5 Å². The number of aryl methyl sites for hydroxylation is 1. The molecule has 0 aliphatic heterocycles. The highest BCUT2D eigenvalue weighted by atomic mass is 35.5. The molecule has 0 aliphatic rings. The van der Waals surface area contributed by atoms with Gasteiger partial charge in [-0.15, -0.1) is 0 Å². The number of aromatic nitrogens is 4. The molecule has 0 aromatic carbocycles. The minimum Gasteiger partial charge on any atom is -0.370 e. The van der Waals surface area contributed by atoms with Gasteiger partial charge < -0.3 is 10.3 Å². The van der Waals surface area contributed by atoms with Crippen LogP contribution in [-0.2, 0) is 11.8 Å². The van der Waals surface area contributed by atoms with Crippen molar-refractivity contribution in [3.05, 3.63) is 35.3 Å². The molecule has 2 aromatic rings. The van der Waals surface area contributed by atoms with Gasteiger partial charge in [0.05, 0.1) is 0 Å². The third-order valence-electron chi connectivity index (χ3n) is 2.82. The van der Waals surface area contributed by atoms with Gasteiger partial charge in [0.2, 0.25) is 0 Å². The first-order chi connectivity index (χ1) is 9.45. The van der Waals surface area contributed by atoms with Gasteiger partial charge in [0.15, 0.2) is 0 Å². The second-order valence-electron chi connectivity index (χ2n) is 5.72. The maximum atomic E-state index is 6.04. The molecule has 0 bridgehead atoms. The lowest BCUT2D eigenvalue weighted by Gasteiger charge is -2.17. The molecule has 2 aromatic heterocycles. The summed E-state index contributed by atoms with van der Waals surface area (Å²) in [7, 11) is 0. The average molecular weight is 294 g/mol.